The van der Waals surface area contributed by atoms with E-state index in [0.717, 1.165) is 11.3 Å². The van der Waals surface area contributed by atoms with Crippen molar-refractivity contribution in [1.82, 2.24) is 20.4 Å². The van der Waals surface area contributed by atoms with Gasteiger partial charge in [-0.25, -0.2) is 9.78 Å². The smallest absolute Gasteiger partial charge is 0.350 e. The zero-order valence-corrected chi connectivity index (χ0v) is 19.8. The van der Waals surface area contributed by atoms with Crippen molar-refractivity contribution < 1.29 is 23.6 Å². The Bertz CT molecular complexity index is 1180. The van der Waals surface area contributed by atoms with Crippen molar-refractivity contribution in [3.8, 4) is 11.4 Å². The summed E-state index contributed by atoms with van der Waals surface area (Å²) >= 11 is 7.17. The van der Waals surface area contributed by atoms with Gasteiger partial charge in [0.2, 0.25) is 17.6 Å². The minimum Gasteiger partial charge on any atom is -0.461 e. The molecule has 0 bridgehead atoms. The zero-order valence-electron chi connectivity index (χ0n) is 18.2. The molecule has 2 heterocycles. The van der Waals surface area contributed by atoms with Crippen molar-refractivity contribution in [3.05, 3.63) is 45.2 Å². The standard InChI is InChI=1S/C21H22ClN5O5S/c1-4-7-31-20(30)17-11(2)24-21(33-17)26-16(28)5-6-23-19(29)14-8-13(9-15(22)10-14)18-25-12(3)32-27-18/h8-10H,4-7H2,1-3H3,(H,23,29)(H,24,26,28). The molecule has 0 unspecified atom stereocenters. The van der Waals surface area contributed by atoms with E-state index in [1.165, 1.54) is 6.07 Å². The molecule has 2 N–H and O–H groups in total. The molecule has 0 aliphatic rings. The summed E-state index contributed by atoms with van der Waals surface area (Å²) < 4.78 is 10.1. The molecule has 0 spiro atoms. The van der Waals surface area contributed by atoms with Crippen molar-refractivity contribution in [2.75, 3.05) is 18.5 Å². The van der Waals surface area contributed by atoms with Gasteiger partial charge in [-0.1, -0.05) is 35.0 Å². The third kappa shape index (κ3) is 6.59. The molecule has 0 aliphatic carbocycles. The average molecular weight is 492 g/mol. The Hall–Kier alpha value is -3.31. The Morgan fingerprint density at radius 1 is 1.18 bits per heavy atom. The number of aromatic nitrogens is 3. The normalized spacial score (nSPS) is 10.7. The third-order valence-corrected chi connectivity index (χ3v) is 5.52. The predicted molar refractivity (Wildman–Crippen MR) is 122 cm³/mol. The Morgan fingerprint density at radius 2 is 1.97 bits per heavy atom. The molecular weight excluding hydrogens is 470 g/mol. The van der Waals surface area contributed by atoms with Gasteiger partial charge in [-0.05, 0) is 31.5 Å². The van der Waals surface area contributed by atoms with Gasteiger partial charge in [-0.15, -0.1) is 0 Å². The highest BCUT2D eigenvalue weighted by Crippen LogP contribution is 2.24. The number of esters is 1. The monoisotopic (exact) mass is 491 g/mol. The lowest BCUT2D eigenvalue weighted by Gasteiger charge is -2.07. The Kier molecular flexibility index (Phi) is 8.12. The van der Waals surface area contributed by atoms with E-state index >= 15 is 0 Å². The van der Waals surface area contributed by atoms with E-state index in [0.29, 0.717) is 56.6 Å². The van der Waals surface area contributed by atoms with Gasteiger partial charge in [-0.3, -0.25) is 9.59 Å². The molecule has 3 rings (SSSR count). The Labute approximate surface area is 198 Å². The number of carbonyl (C=O) groups is 3. The van der Waals surface area contributed by atoms with Crippen LogP contribution in [0.15, 0.2) is 22.7 Å². The van der Waals surface area contributed by atoms with Crippen LogP contribution in [-0.2, 0) is 9.53 Å². The van der Waals surface area contributed by atoms with E-state index in [1.807, 2.05) is 6.92 Å². The number of benzene rings is 1. The van der Waals surface area contributed by atoms with E-state index in [2.05, 4.69) is 25.8 Å². The molecule has 0 saturated heterocycles. The van der Waals surface area contributed by atoms with E-state index in [4.69, 9.17) is 20.9 Å². The van der Waals surface area contributed by atoms with E-state index in [1.54, 1.807) is 26.0 Å². The van der Waals surface area contributed by atoms with Gasteiger partial charge >= 0.3 is 5.97 Å². The maximum absolute atomic E-state index is 12.5. The largest absolute Gasteiger partial charge is 0.461 e. The second kappa shape index (κ2) is 11.0. The summed E-state index contributed by atoms with van der Waals surface area (Å²) in [5.41, 5.74) is 1.32. The molecular formula is C21H22ClN5O5S. The van der Waals surface area contributed by atoms with Crippen molar-refractivity contribution in [2.24, 2.45) is 0 Å². The number of nitrogens with zero attached hydrogens (tertiary/aromatic N) is 3. The summed E-state index contributed by atoms with van der Waals surface area (Å²) in [4.78, 5) is 45.4. The number of halogens is 1. The highest BCUT2D eigenvalue weighted by Gasteiger charge is 2.18. The summed E-state index contributed by atoms with van der Waals surface area (Å²) in [7, 11) is 0. The Morgan fingerprint density at radius 3 is 2.67 bits per heavy atom. The van der Waals surface area contributed by atoms with Crippen molar-refractivity contribution >= 4 is 45.9 Å². The van der Waals surface area contributed by atoms with Crippen molar-refractivity contribution in [2.45, 2.75) is 33.6 Å². The molecule has 33 heavy (non-hydrogen) atoms. The number of amides is 2. The second-order valence-corrected chi connectivity index (χ2v) is 8.42. The number of anilines is 1. The van der Waals surface area contributed by atoms with Crippen LogP contribution < -0.4 is 10.6 Å². The Balaban J connectivity index is 1.53. The first-order chi connectivity index (χ1) is 15.8. The van der Waals surface area contributed by atoms with Crippen molar-refractivity contribution in [1.29, 1.82) is 0 Å². The molecule has 2 aromatic heterocycles. The number of thiazole rings is 1. The van der Waals surface area contributed by atoms with E-state index < -0.39 is 11.9 Å². The summed E-state index contributed by atoms with van der Waals surface area (Å²) in [6.07, 6.45) is 0.726. The van der Waals surface area contributed by atoms with Crippen LogP contribution in [-0.4, -0.2) is 46.1 Å². The maximum Gasteiger partial charge on any atom is 0.350 e. The minimum atomic E-state index is -0.462. The molecule has 0 radical (unpaired) electrons. The minimum absolute atomic E-state index is 0.0114. The molecule has 3 aromatic rings. The summed E-state index contributed by atoms with van der Waals surface area (Å²) in [6.45, 7) is 5.64. The average Bonchev–Trinajstić information content (AvgIpc) is 3.36. The molecule has 0 saturated carbocycles. The molecule has 12 heteroatoms. The fraction of sp³-hybridized carbons (Fsp3) is 0.333. The topological polar surface area (TPSA) is 136 Å². The number of nitrogens with one attached hydrogen (secondary N) is 2. The second-order valence-electron chi connectivity index (χ2n) is 6.99. The third-order valence-electron chi connectivity index (χ3n) is 4.25. The molecule has 0 fully saturated rings. The van der Waals surface area contributed by atoms with Crippen LogP contribution in [0.4, 0.5) is 5.13 Å². The number of hydrogen-bond acceptors (Lipinski definition) is 9. The van der Waals surface area contributed by atoms with Crippen LogP contribution in [0.3, 0.4) is 0 Å². The quantitative estimate of drug-likeness (QED) is 0.431. The SMILES string of the molecule is CCCOC(=O)c1sc(NC(=O)CCNC(=O)c2cc(Cl)cc(-c3noc(C)n3)c2)nc1C. The number of ether oxygens (including phenoxy) is 1. The van der Waals surface area contributed by atoms with Gasteiger partial charge in [0.25, 0.3) is 5.91 Å². The lowest BCUT2D eigenvalue weighted by Crippen LogP contribution is -2.27. The van der Waals surface area contributed by atoms with Gasteiger partial charge in [0.05, 0.1) is 12.3 Å². The maximum atomic E-state index is 12.5. The number of hydrogen-bond donors (Lipinski definition) is 2. The fourth-order valence-corrected chi connectivity index (χ4v) is 3.85. The van der Waals surface area contributed by atoms with Crippen LogP contribution in [0.25, 0.3) is 11.4 Å². The molecule has 174 valence electrons. The highest BCUT2D eigenvalue weighted by atomic mass is 35.5. The van der Waals surface area contributed by atoms with Gasteiger partial charge in [0, 0.05) is 36.0 Å². The molecule has 2 amide bonds. The van der Waals surface area contributed by atoms with Gasteiger partial charge in [0.15, 0.2) is 5.13 Å². The van der Waals surface area contributed by atoms with Crippen LogP contribution >= 0.6 is 22.9 Å². The lowest BCUT2D eigenvalue weighted by atomic mass is 10.1. The first-order valence-corrected chi connectivity index (χ1v) is 11.3. The number of carbonyl (C=O) groups excluding carboxylic acids is 3. The van der Waals surface area contributed by atoms with Gasteiger partial charge in [-0.2, -0.15) is 4.98 Å². The highest BCUT2D eigenvalue weighted by molar-refractivity contribution is 7.17. The first kappa shape index (κ1) is 24.3. The van der Waals surface area contributed by atoms with Crippen LogP contribution in [0, 0.1) is 13.8 Å². The van der Waals surface area contributed by atoms with Crippen molar-refractivity contribution in [3.63, 3.8) is 0 Å². The van der Waals surface area contributed by atoms with E-state index in [9.17, 15) is 14.4 Å². The summed E-state index contributed by atoms with van der Waals surface area (Å²) in [5.74, 6) is -0.511. The zero-order chi connectivity index (χ0) is 24.0. The summed E-state index contributed by atoms with van der Waals surface area (Å²) in [5, 5.41) is 9.76. The van der Waals surface area contributed by atoms with Gasteiger partial charge in [0.1, 0.15) is 4.88 Å². The fourth-order valence-electron chi connectivity index (χ4n) is 2.74. The first-order valence-electron chi connectivity index (χ1n) is 10.1. The number of aryl methyl sites for hydroxylation is 2. The number of rotatable bonds is 9. The summed E-state index contributed by atoms with van der Waals surface area (Å²) in [6, 6.07) is 4.71. The van der Waals surface area contributed by atoms with Crippen LogP contribution in [0.1, 0.15) is 51.4 Å². The van der Waals surface area contributed by atoms with Crippen LogP contribution in [0.2, 0.25) is 5.02 Å². The predicted octanol–water partition coefficient (Wildman–Crippen LogP) is 3.79. The van der Waals surface area contributed by atoms with E-state index in [-0.39, 0.29) is 18.9 Å². The molecule has 0 atom stereocenters. The molecule has 1 aromatic carbocycles. The molecule has 0 aliphatic heterocycles. The van der Waals surface area contributed by atoms with Crippen LogP contribution in [0.5, 0.6) is 0 Å². The lowest BCUT2D eigenvalue weighted by molar-refractivity contribution is -0.116. The van der Waals surface area contributed by atoms with Gasteiger partial charge < -0.3 is 19.9 Å². The molecule has 10 nitrogen and oxygen atoms in total.